The third-order valence-electron chi connectivity index (χ3n) is 3.18. The van der Waals surface area contributed by atoms with Crippen LogP contribution in [0, 0.1) is 0 Å². The lowest BCUT2D eigenvalue weighted by Gasteiger charge is -2.19. The molecule has 0 heterocycles. The summed E-state index contributed by atoms with van der Waals surface area (Å²) in [5.74, 6) is 0.0710. The first-order valence-electron chi connectivity index (χ1n) is 6.93. The number of nitrogens with one attached hydrogen (secondary N) is 2. The first-order chi connectivity index (χ1) is 9.43. The van der Waals surface area contributed by atoms with E-state index in [-0.39, 0.29) is 5.78 Å². The second kappa shape index (κ2) is 8.47. The molecule has 1 aliphatic rings. The summed E-state index contributed by atoms with van der Waals surface area (Å²) >= 11 is 7.05. The van der Waals surface area contributed by atoms with Crippen molar-refractivity contribution in [1.29, 1.82) is 0 Å². The maximum absolute atomic E-state index is 11.0. The first kappa shape index (κ1) is 17.2. The van der Waals surface area contributed by atoms with Gasteiger partial charge in [0.2, 0.25) is 0 Å². The number of carbonyl (C=O) groups is 1. The lowest BCUT2D eigenvalue weighted by atomic mass is 10.2. The van der Waals surface area contributed by atoms with Crippen LogP contribution in [0.5, 0.6) is 0 Å². The smallest absolute Gasteiger partial charge is 0.154 e. The van der Waals surface area contributed by atoms with Crippen molar-refractivity contribution in [1.82, 2.24) is 10.6 Å². The highest BCUT2D eigenvalue weighted by molar-refractivity contribution is 8.23. The summed E-state index contributed by atoms with van der Waals surface area (Å²) in [4.78, 5) is 11.0. The van der Waals surface area contributed by atoms with E-state index in [4.69, 9.17) is 12.2 Å². The molecule has 0 bridgehead atoms. The van der Waals surface area contributed by atoms with Gasteiger partial charge in [-0.3, -0.25) is 4.79 Å². The van der Waals surface area contributed by atoms with Gasteiger partial charge in [0, 0.05) is 24.0 Å². The van der Waals surface area contributed by atoms with E-state index in [1.54, 1.807) is 24.8 Å². The van der Waals surface area contributed by atoms with Crippen LogP contribution in [0.3, 0.4) is 0 Å². The van der Waals surface area contributed by atoms with Gasteiger partial charge in [-0.15, -0.1) is 11.8 Å². The second-order valence-electron chi connectivity index (χ2n) is 5.17. The van der Waals surface area contributed by atoms with Crippen molar-refractivity contribution >= 4 is 34.0 Å². The lowest BCUT2D eigenvalue weighted by Crippen LogP contribution is -2.35. The number of ketones is 1. The molecule has 0 radical (unpaired) electrons. The van der Waals surface area contributed by atoms with Gasteiger partial charge in [0.15, 0.2) is 5.78 Å². The zero-order valence-corrected chi connectivity index (χ0v) is 14.3. The van der Waals surface area contributed by atoms with Crippen LogP contribution in [0.2, 0.25) is 0 Å². The monoisotopic (exact) mass is 312 g/mol. The molecule has 20 heavy (non-hydrogen) atoms. The summed E-state index contributed by atoms with van der Waals surface area (Å²) in [5.41, 5.74) is 3.52. The van der Waals surface area contributed by atoms with Crippen LogP contribution in [0.4, 0.5) is 0 Å². The molecule has 0 aromatic carbocycles. The van der Waals surface area contributed by atoms with Crippen molar-refractivity contribution < 1.29 is 4.79 Å². The topological polar surface area (TPSA) is 41.1 Å². The highest BCUT2D eigenvalue weighted by Crippen LogP contribution is 2.28. The molecular weight excluding hydrogens is 288 g/mol. The van der Waals surface area contributed by atoms with E-state index < -0.39 is 0 Å². The molecule has 0 saturated carbocycles. The van der Waals surface area contributed by atoms with Gasteiger partial charge in [0.1, 0.15) is 0 Å². The molecule has 2 N–H and O–H groups in total. The van der Waals surface area contributed by atoms with Gasteiger partial charge < -0.3 is 10.6 Å². The van der Waals surface area contributed by atoms with Crippen LogP contribution in [0.25, 0.3) is 0 Å². The van der Waals surface area contributed by atoms with Crippen molar-refractivity contribution in [3.8, 4) is 0 Å². The molecule has 1 rings (SSSR count). The highest BCUT2D eigenvalue weighted by Gasteiger charge is 2.18. The van der Waals surface area contributed by atoms with Crippen molar-refractivity contribution in [2.75, 3.05) is 12.8 Å². The molecule has 0 aromatic rings. The molecule has 0 aromatic heterocycles. The van der Waals surface area contributed by atoms with E-state index in [1.807, 2.05) is 13.2 Å². The molecule has 1 aliphatic carbocycles. The maximum atomic E-state index is 11.0. The Morgan fingerprint density at radius 3 is 2.75 bits per heavy atom. The summed E-state index contributed by atoms with van der Waals surface area (Å²) < 4.78 is 1.01. The van der Waals surface area contributed by atoms with Crippen LogP contribution < -0.4 is 10.6 Å². The van der Waals surface area contributed by atoms with Crippen LogP contribution >= 0.6 is 24.0 Å². The van der Waals surface area contributed by atoms with E-state index in [1.165, 1.54) is 17.7 Å². The van der Waals surface area contributed by atoms with Gasteiger partial charge in [-0.1, -0.05) is 12.2 Å². The first-order valence-corrected chi connectivity index (χ1v) is 8.57. The Bertz CT molecular complexity index is 441. The quantitative estimate of drug-likeness (QED) is 0.558. The van der Waals surface area contributed by atoms with E-state index in [2.05, 4.69) is 17.6 Å². The fourth-order valence-electron chi connectivity index (χ4n) is 2.27. The molecule has 0 spiro atoms. The largest absolute Gasteiger partial charge is 0.386 e. The van der Waals surface area contributed by atoms with Gasteiger partial charge in [-0.05, 0) is 57.9 Å². The second-order valence-corrected chi connectivity index (χ2v) is 6.65. The van der Waals surface area contributed by atoms with E-state index in [0.717, 1.165) is 29.3 Å². The maximum Gasteiger partial charge on any atom is 0.154 e. The average molecular weight is 313 g/mol. The molecule has 1 atom stereocenters. The summed E-state index contributed by atoms with van der Waals surface area (Å²) in [5, 5.41) is 6.82. The molecule has 0 saturated heterocycles. The zero-order valence-electron chi connectivity index (χ0n) is 12.7. The fourth-order valence-corrected chi connectivity index (χ4v) is 2.97. The molecule has 0 amide bonds. The molecule has 1 unspecified atom stereocenters. The van der Waals surface area contributed by atoms with Crippen molar-refractivity contribution in [3.63, 3.8) is 0 Å². The standard InChI is InChI=1S/C15H24N2OS2/c1-10(8-12(3)18)16-9-11(2)17-14-7-5-6-13(14)15(19)20-4/h8,11,16-17H,5-7,9H2,1-4H3/b10-8+. The van der Waals surface area contributed by atoms with Crippen molar-refractivity contribution in [2.45, 2.75) is 46.1 Å². The number of thiocarbonyl (C=S) groups is 1. The Balaban J connectivity index is 2.51. The van der Waals surface area contributed by atoms with Gasteiger partial charge >= 0.3 is 0 Å². The lowest BCUT2D eigenvalue weighted by molar-refractivity contribution is -0.112. The normalized spacial score (nSPS) is 17.1. The Morgan fingerprint density at radius 1 is 1.45 bits per heavy atom. The predicted octanol–water partition coefficient (Wildman–Crippen LogP) is 3.18. The molecule has 0 fully saturated rings. The summed E-state index contributed by atoms with van der Waals surface area (Å²) in [6, 6.07) is 0.304. The van der Waals surface area contributed by atoms with Crippen LogP contribution in [0.15, 0.2) is 23.0 Å². The third kappa shape index (κ3) is 5.67. The Kier molecular flexibility index (Phi) is 7.30. The highest BCUT2D eigenvalue weighted by atomic mass is 32.2. The zero-order chi connectivity index (χ0) is 15.1. The van der Waals surface area contributed by atoms with Crippen LogP contribution in [0.1, 0.15) is 40.0 Å². The number of hydrogen-bond acceptors (Lipinski definition) is 5. The number of thioether (sulfide) groups is 1. The Morgan fingerprint density at radius 2 is 2.15 bits per heavy atom. The van der Waals surface area contributed by atoms with Gasteiger partial charge in [0.05, 0.1) is 4.20 Å². The minimum absolute atomic E-state index is 0.0710. The van der Waals surface area contributed by atoms with Gasteiger partial charge in [-0.2, -0.15) is 0 Å². The minimum Gasteiger partial charge on any atom is -0.386 e. The SMILES string of the molecule is CSC(=S)C1=C(NC(C)CN/C(C)=C/C(C)=O)CCC1. The number of allylic oxidation sites excluding steroid dienone is 3. The van der Waals surface area contributed by atoms with Gasteiger partial charge in [-0.25, -0.2) is 0 Å². The van der Waals surface area contributed by atoms with Gasteiger partial charge in [0.25, 0.3) is 0 Å². The molecule has 112 valence electrons. The van der Waals surface area contributed by atoms with Crippen LogP contribution in [-0.2, 0) is 4.79 Å². The van der Waals surface area contributed by atoms with Crippen molar-refractivity contribution in [3.05, 3.63) is 23.0 Å². The molecular formula is C15H24N2OS2. The fraction of sp³-hybridized carbons (Fsp3) is 0.600. The van der Waals surface area contributed by atoms with E-state index >= 15 is 0 Å². The molecule has 5 heteroatoms. The molecule has 0 aliphatic heterocycles. The van der Waals surface area contributed by atoms with E-state index in [0.29, 0.717) is 6.04 Å². The minimum atomic E-state index is 0.0710. The third-order valence-corrected chi connectivity index (χ3v) is 4.54. The Hall–Kier alpha value is -0.810. The number of hydrogen-bond donors (Lipinski definition) is 2. The number of rotatable bonds is 7. The molecule has 3 nitrogen and oxygen atoms in total. The summed E-state index contributed by atoms with van der Waals surface area (Å²) in [7, 11) is 0. The van der Waals surface area contributed by atoms with Crippen LogP contribution in [-0.4, -0.2) is 28.8 Å². The predicted molar refractivity (Wildman–Crippen MR) is 92.0 cm³/mol. The van der Waals surface area contributed by atoms with E-state index in [9.17, 15) is 4.79 Å². The summed E-state index contributed by atoms with van der Waals surface area (Å²) in [6.07, 6.45) is 7.01. The number of carbonyl (C=O) groups excluding carboxylic acids is 1. The summed E-state index contributed by atoms with van der Waals surface area (Å²) in [6.45, 7) is 6.40. The van der Waals surface area contributed by atoms with Crippen molar-refractivity contribution in [2.24, 2.45) is 0 Å². The average Bonchev–Trinajstić information content (AvgIpc) is 2.82. The Labute approximate surface area is 131 Å².